The average molecular weight is 463 g/mol. The minimum absolute atomic E-state index is 0.0361. The first-order valence-corrected chi connectivity index (χ1v) is 12.7. The second kappa shape index (κ2) is 10.2. The highest BCUT2D eigenvalue weighted by Crippen LogP contribution is 2.49. The van der Waals surface area contributed by atoms with Crippen molar-refractivity contribution in [3.63, 3.8) is 0 Å². The molecule has 174 valence electrons. The van der Waals surface area contributed by atoms with Crippen LogP contribution < -0.4 is 10.0 Å². The first-order valence-electron chi connectivity index (χ1n) is 10.8. The summed E-state index contributed by atoms with van der Waals surface area (Å²) < 4.78 is 26.7. The van der Waals surface area contributed by atoms with Crippen molar-refractivity contribution < 1.29 is 23.1 Å². The molecule has 32 heavy (non-hydrogen) atoms. The second-order valence-corrected chi connectivity index (χ2v) is 10.1. The number of amides is 1. The van der Waals surface area contributed by atoms with Gasteiger partial charge < -0.3 is 10.4 Å². The number of aryl methyl sites for hydroxylation is 1. The smallest absolute Gasteiger partial charge is 0.305 e. The van der Waals surface area contributed by atoms with Crippen molar-refractivity contribution in [2.75, 3.05) is 11.0 Å². The maximum absolute atomic E-state index is 12.6. The number of carboxylic acids is 1. The van der Waals surface area contributed by atoms with Gasteiger partial charge in [0.25, 0.3) is 5.91 Å². The number of nitrogens with one attached hydrogen (secondary N) is 2. The van der Waals surface area contributed by atoms with Crippen LogP contribution in [-0.4, -0.2) is 41.4 Å². The summed E-state index contributed by atoms with van der Waals surface area (Å²) in [6.07, 6.45) is 8.30. The predicted molar refractivity (Wildman–Crippen MR) is 121 cm³/mol. The molecule has 0 aliphatic heterocycles. The number of nitrogens with zero attached hydrogens (tertiary/aromatic N) is 2. The van der Waals surface area contributed by atoms with Crippen molar-refractivity contribution in [1.82, 2.24) is 15.1 Å². The summed E-state index contributed by atoms with van der Waals surface area (Å²) in [6, 6.07) is 7.87. The Bertz CT molecular complexity index is 1030. The lowest BCUT2D eigenvalue weighted by atomic mass is 9.60. The fraction of sp³-hybridized carbons (Fsp3) is 0.500. The van der Waals surface area contributed by atoms with Crippen LogP contribution in [0, 0.1) is 11.8 Å². The van der Waals surface area contributed by atoms with Crippen LogP contribution in [0.15, 0.2) is 36.5 Å². The second-order valence-electron chi connectivity index (χ2n) is 8.33. The highest BCUT2D eigenvalue weighted by molar-refractivity contribution is 7.92. The van der Waals surface area contributed by atoms with Crippen LogP contribution in [0.4, 0.5) is 5.69 Å². The molecule has 4 rings (SSSR count). The van der Waals surface area contributed by atoms with E-state index in [1.165, 1.54) is 22.7 Å². The number of aliphatic carboxylic acids is 1. The Morgan fingerprint density at radius 1 is 1.16 bits per heavy atom. The van der Waals surface area contributed by atoms with E-state index in [-0.39, 0.29) is 17.8 Å². The van der Waals surface area contributed by atoms with E-state index >= 15 is 0 Å². The first-order chi connectivity index (χ1) is 15.2. The molecule has 3 N–H and O–H groups in total. The Morgan fingerprint density at radius 3 is 2.19 bits per heavy atom. The van der Waals surface area contributed by atoms with E-state index in [4.69, 9.17) is 5.11 Å². The Labute approximate surface area is 188 Å². The molecule has 2 aliphatic rings. The van der Waals surface area contributed by atoms with Crippen LogP contribution in [0.1, 0.15) is 61.1 Å². The Hall–Kier alpha value is -2.88. The fourth-order valence-electron chi connectivity index (χ4n) is 3.93. The summed E-state index contributed by atoms with van der Waals surface area (Å²) >= 11 is 0. The number of anilines is 1. The van der Waals surface area contributed by atoms with Gasteiger partial charge in [-0.05, 0) is 50.0 Å². The van der Waals surface area contributed by atoms with E-state index in [0.29, 0.717) is 12.1 Å². The summed E-state index contributed by atoms with van der Waals surface area (Å²) in [5.41, 5.74) is 0.536. The van der Waals surface area contributed by atoms with Crippen LogP contribution in [0.5, 0.6) is 0 Å². The van der Waals surface area contributed by atoms with E-state index in [2.05, 4.69) is 15.1 Å². The van der Waals surface area contributed by atoms with Crippen molar-refractivity contribution in [2.24, 2.45) is 11.8 Å². The number of rotatable bonds is 8. The highest BCUT2D eigenvalue weighted by Gasteiger charge is 2.37. The van der Waals surface area contributed by atoms with Crippen LogP contribution in [0.2, 0.25) is 0 Å². The molecule has 2 aliphatic carbocycles. The van der Waals surface area contributed by atoms with E-state index in [1.807, 2.05) is 0 Å². The summed E-state index contributed by atoms with van der Waals surface area (Å²) in [6.45, 7) is 2.22. The molecule has 0 bridgehead atoms. The van der Waals surface area contributed by atoms with Gasteiger partial charge in [0, 0.05) is 12.7 Å². The topological polar surface area (TPSA) is 130 Å². The van der Waals surface area contributed by atoms with Crippen molar-refractivity contribution in [1.29, 1.82) is 0 Å². The molecular weight excluding hydrogens is 432 g/mol. The van der Waals surface area contributed by atoms with Gasteiger partial charge in [-0.2, -0.15) is 5.10 Å². The van der Waals surface area contributed by atoms with Crippen LogP contribution >= 0.6 is 0 Å². The molecule has 1 aromatic heterocycles. The Morgan fingerprint density at radius 2 is 1.75 bits per heavy atom. The number of carboxylic acid groups (broad SMARTS) is 1. The molecule has 1 unspecified atom stereocenters. The molecule has 2 aromatic rings. The zero-order valence-electron chi connectivity index (χ0n) is 18.3. The van der Waals surface area contributed by atoms with Crippen molar-refractivity contribution in [2.45, 2.75) is 51.6 Å². The predicted octanol–water partition coefficient (Wildman–Crippen LogP) is 3.03. The summed E-state index contributed by atoms with van der Waals surface area (Å²) in [7, 11) is -3.61. The number of aromatic nitrogens is 2. The van der Waals surface area contributed by atoms with Gasteiger partial charge in [-0.25, -0.2) is 8.42 Å². The number of fused-ring (bicyclic) bond motifs is 1. The van der Waals surface area contributed by atoms with Crippen molar-refractivity contribution in [3.05, 3.63) is 47.8 Å². The van der Waals surface area contributed by atoms with Crippen molar-refractivity contribution in [3.8, 4) is 0 Å². The minimum atomic E-state index is -3.61. The van der Waals surface area contributed by atoms with Gasteiger partial charge in [-0.3, -0.25) is 19.0 Å². The quantitative estimate of drug-likeness (QED) is 0.553. The van der Waals surface area contributed by atoms with Gasteiger partial charge in [0.1, 0.15) is 0 Å². The largest absolute Gasteiger partial charge is 0.481 e. The molecule has 0 spiro atoms. The number of sulfonamides is 1. The van der Waals surface area contributed by atoms with Crippen molar-refractivity contribution >= 4 is 27.6 Å². The normalized spacial score (nSPS) is 19.8. The number of hydrogen-bond acceptors (Lipinski definition) is 5. The molecule has 0 radical (unpaired) electrons. The summed E-state index contributed by atoms with van der Waals surface area (Å²) in [4.78, 5) is 23.8. The zero-order valence-corrected chi connectivity index (χ0v) is 19.1. The lowest BCUT2D eigenvalue weighted by Gasteiger charge is -2.46. The molecule has 2 fully saturated rings. The molecule has 1 aromatic carbocycles. The van der Waals surface area contributed by atoms with E-state index in [9.17, 15) is 18.0 Å². The number of benzene rings is 1. The number of hydrogen-bond donors (Lipinski definition) is 3. The maximum atomic E-state index is 12.6. The van der Waals surface area contributed by atoms with Gasteiger partial charge >= 0.3 is 5.97 Å². The monoisotopic (exact) mass is 462 g/mol. The number of carbonyl (C=O) groups excluding carboxylic acids is 1. The molecule has 0 saturated heterocycles. The third-order valence-electron chi connectivity index (χ3n) is 5.97. The summed E-state index contributed by atoms with van der Waals surface area (Å²) in [5.74, 6) is 0.682. The molecule has 1 atom stereocenters. The highest BCUT2D eigenvalue weighted by atomic mass is 32.2. The number of carbonyl (C=O) groups is 2. The van der Waals surface area contributed by atoms with E-state index in [0.717, 1.165) is 6.26 Å². The van der Waals surface area contributed by atoms with Crippen LogP contribution in [0.3, 0.4) is 0 Å². The molecule has 2 saturated carbocycles. The van der Waals surface area contributed by atoms with Crippen LogP contribution in [-0.2, 0) is 21.4 Å². The average Bonchev–Trinajstić information content (AvgIpc) is 3.12. The van der Waals surface area contributed by atoms with Gasteiger partial charge in [0.2, 0.25) is 10.0 Å². The SMILES string of the molecule is C1CC2CCC12.CCn1cc(NS(C)(=O)=O)c(C(=O)NC(CC(=O)O)c2ccccc2)n1. The standard InChI is InChI=1S/C16H20N4O5S.C6H10/c1-3-20-10-13(19-26(2,24)25)15(18-20)16(23)17-12(9-14(21)22)11-7-5-4-6-8-11;1-2-6-4-3-5(1)6/h4-8,10,12,19H,3,9H2,1-2H3,(H,17,23)(H,21,22);5-6H,1-4H2. The van der Waals surface area contributed by atoms with E-state index < -0.39 is 27.9 Å². The molecule has 1 heterocycles. The fourth-order valence-corrected chi connectivity index (χ4v) is 4.48. The molecule has 9 nitrogen and oxygen atoms in total. The first kappa shape index (κ1) is 23.8. The maximum Gasteiger partial charge on any atom is 0.305 e. The minimum Gasteiger partial charge on any atom is -0.481 e. The third kappa shape index (κ3) is 6.32. The third-order valence-corrected chi connectivity index (χ3v) is 6.56. The van der Waals surface area contributed by atoms with Gasteiger partial charge in [-0.15, -0.1) is 0 Å². The Balaban J connectivity index is 0.000000405. The Kier molecular flexibility index (Phi) is 7.55. The van der Waals surface area contributed by atoms with Gasteiger partial charge in [0.05, 0.1) is 24.4 Å². The molecular formula is C22H30N4O5S. The lowest BCUT2D eigenvalue weighted by Crippen LogP contribution is -2.34. The van der Waals surface area contributed by atoms with Gasteiger partial charge in [-0.1, -0.05) is 30.3 Å². The zero-order chi connectivity index (χ0) is 23.3. The van der Waals surface area contributed by atoms with E-state index in [1.54, 1.807) is 62.9 Å². The molecule has 1 amide bonds. The summed E-state index contributed by atoms with van der Waals surface area (Å²) in [5, 5.41) is 15.8. The lowest BCUT2D eigenvalue weighted by molar-refractivity contribution is -0.137. The molecule has 10 heteroatoms. The van der Waals surface area contributed by atoms with Crippen LogP contribution in [0.25, 0.3) is 0 Å². The van der Waals surface area contributed by atoms with Gasteiger partial charge in [0.15, 0.2) is 5.69 Å².